The summed E-state index contributed by atoms with van der Waals surface area (Å²) in [5, 5.41) is 3.03. The molecule has 6 nitrogen and oxygen atoms in total. The number of carbonyl (C=O) groups is 2. The summed E-state index contributed by atoms with van der Waals surface area (Å²) in [6.07, 6.45) is -7.91. The van der Waals surface area contributed by atoms with Gasteiger partial charge in [0.25, 0.3) is 5.91 Å². The van der Waals surface area contributed by atoms with Gasteiger partial charge >= 0.3 is 12.4 Å². The topological polar surface area (TPSA) is 55.9 Å². The smallest absolute Gasteiger partial charge is 0.336 e. The van der Waals surface area contributed by atoms with E-state index in [4.69, 9.17) is 0 Å². The van der Waals surface area contributed by atoms with E-state index in [2.05, 4.69) is 15.1 Å². The Hall–Kier alpha value is -3.90. The number of nitrogens with one attached hydrogen (secondary N) is 1. The monoisotopic (exact) mass is 674 g/mol. The molecule has 0 saturated carbocycles. The second-order valence-corrected chi connectivity index (χ2v) is 12.8. The lowest BCUT2D eigenvalue weighted by Gasteiger charge is -2.46. The Morgan fingerprint density at radius 1 is 0.792 bits per heavy atom. The summed E-state index contributed by atoms with van der Waals surface area (Å²) in [6.45, 7) is 7.09. The number of hydrogen-bond acceptors (Lipinski definition) is 4. The predicted octanol–water partition coefficient (Wildman–Crippen LogP) is 7.20. The minimum absolute atomic E-state index is 0.0446. The molecule has 2 heterocycles. The van der Waals surface area contributed by atoms with Crippen LogP contribution in [0.25, 0.3) is 0 Å². The Morgan fingerprint density at radius 3 is 1.98 bits per heavy atom. The van der Waals surface area contributed by atoms with Crippen LogP contribution >= 0.6 is 0 Å². The molecule has 2 amide bonds. The lowest BCUT2D eigenvalue weighted by atomic mass is 9.90. The number of amides is 2. The number of carbonyl (C=O) groups excluding carboxylic acids is 2. The van der Waals surface area contributed by atoms with Crippen LogP contribution in [0.1, 0.15) is 57.4 Å². The molecule has 48 heavy (non-hydrogen) atoms. The van der Waals surface area contributed by atoms with Gasteiger partial charge in [0, 0.05) is 56.1 Å². The average Bonchev–Trinajstić information content (AvgIpc) is 3.05. The van der Waals surface area contributed by atoms with Crippen LogP contribution in [0.2, 0.25) is 0 Å². The molecule has 3 aromatic carbocycles. The summed E-state index contributed by atoms with van der Waals surface area (Å²) >= 11 is 0. The molecule has 5 rings (SSSR count). The van der Waals surface area contributed by atoms with Crippen molar-refractivity contribution in [2.24, 2.45) is 0 Å². The first-order chi connectivity index (χ1) is 22.7. The van der Waals surface area contributed by atoms with E-state index in [0.29, 0.717) is 64.0 Å². The molecule has 0 unspecified atom stereocenters. The van der Waals surface area contributed by atoms with Crippen LogP contribution in [0, 0.1) is 13.8 Å². The number of halogens is 6. The van der Waals surface area contributed by atoms with Gasteiger partial charge in [-0.2, -0.15) is 26.3 Å². The number of alkyl halides is 6. The van der Waals surface area contributed by atoms with Crippen molar-refractivity contribution in [1.29, 1.82) is 0 Å². The van der Waals surface area contributed by atoms with Crippen LogP contribution in [0.15, 0.2) is 66.7 Å². The highest BCUT2D eigenvalue weighted by Crippen LogP contribution is 2.37. The van der Waals surface area contributed by atoms with Gasteiger partial charge in [0.15, 0.2) is 0 Å². The zero-order valence-corrected chi connectivity index (χ0v) is 27.0. The maximum absolute atomic E-state index is 13.7. The second kappa shape index (κ2) is 14.7. The van der Waals surface area contributed by atoms with Crippen molar-refractivity contribution < 1.29 is 35.9 Å². The fraction of sp³-hybridized carbons (Fsp3) is 0.444. The minimum atomic E-state index is -5.04. The van der Waals surface area contributed by atoms with Gasteiger partial charge in [0.2, 0.25) is 5.91 Å². The molecule has 2 aliphatic rings. The number of piperazine rings is 1. The van der Waals surface area contributed by atoms with Crippen molar-refractivity contribution in [2.45, 2.75) is 64.0 Å². The van der Waals surface area contributed by atoms with E-state index < -0.39 is 35.0 Å². The van der Waals surface area contributed by atoms with E-state index in [-0.39, 0.29) is 37.1 Å². The number of piperidine rings is 1. The SMILES string of the molecule is Cc1cccc(C)c1NC(=O)CN1CCN([C@H]2CCN(C(=O)c3cc(C(F)(F)F)cc(C(F)(F)F)c3)[C@H](CCc3ccccc3)C2)CC1. The molecule has 2 saturated heterocycles. The molecule has 12 heteroatoms. The average molecular weight is 675 g/mol. The van der Waals surface area contributed by atoms with E-state index in [0.717, 1.165) is 22.4 Å². The molecule has 2 fully saturated rings. The molecule has 3 aromatic rings. The summed E-state index contributed by atoms with van der Waals surface area (Å²) in [5.41, 5.74) is 0.214. The van der Waals surface area contributed by atoms with E-state index in [9.17, 15) is 35.9 Å². The highest BCUT2D eigenvalue weighted by molar-refractivity contribution is 5.95. The molecule has 0 aromatic heterocycles. The summed E-state index contributed by atoms with van der Waals surface area (Å²) in [4.78, 5) is 32.4. The Bertz CT molecular complexity index is 1530. The largest absolute Gasteiger partial charge is 0.416 e. The fourth-order valence-electron chi connectivity index (χ4n) is 6.80. The van der Waals surface area contributed by atoms with Crippen LogP contribution in [-0.2, 0) is 23.6 Å². The molecular weight excluding hydrogens is 634 g/mol. The van der Waals surface area contributed by atoms with Crippen LogP contribution in [0.4, 0.5) is 32.0 Å². The zero-order chi connectivity index (χ0) is 34.6. The van der Waals surface area contributed by atoms with E-state index >= 15 is 0 Å². The third kappa shape index (κ3) is 8.76. The molecule has 1 N–H and O–H groups in total. The lowest BCUT2D eigenvalue weighted by molar-refractivity contribution is -0.143. The van der Waals surface area contributed by atoms with Gasteiger partial charge < -0.3 is 10.2 Å². The van der Waals surface area contributed by atoms with E-state index in [1.54, 1.807) is 0 Å². The predicted molar refractivity (Wildman–Crippen MR) is 172 cm³/mol. The molecule has 2 atom stereocenters. The summed E-state index contributed by atoms with van der Waals surface area (Å²) in [6, 6.07) is 16.2. The van der Waals surface area contributed by atoms with Gasteiger partial charge in [0.1, 0.15) is 0 Å². The number of likely N-dealkylation sites (tertiary alicyclic amines) is 1. The minimum Gasteiger partial charge on any atom is -0.336 e. The van der Waals surface area contributed by atoms with Gasteiger partial charge in [-0.25, -0.2) is 0 Å². The first-order valence-electron chi connectivity index (χ1n) is 16.2. The van der Waals surface area contributed by atoms with E-state index in [1.165, 1.54) is 4.90 Å². The van der Waals surface area contributed by atoms with E-state index in [1.807, 2.05) is 62.4 Å². The number of hydrogen-bond donors (Lipinski definition) is 1. The summed E-state index contributed by atoms with van der Waals surface area (Å²) in [5.74, 6) is -0.917. The standard InChI is InChI=1S/C36H40F6N4O2/c1-24-7-6-8-25(2)33(24)43-32(47)23-44-15-17-45(18-16-44)30-13-14-46(31(22-30)12-11-26-9-4-3-5-10-26)34(48)27-19-28(35(37,38)39)21-29(20-27)36(40,41)42/h3-10,19-21,30-31H,11-18,22-23H2,1-2H3,(H,43,47)/t30-,31+/m0/s1. The number of rotatable bonds is 8. The van der Waals surface area contributed by atoms with Crippen molar-refractivity contribution in [3.8, 4) is 0 Å². The molecule has 0 bridgehead atoms. The van der Waals surface area contributed by atoms with Crippen LogP contribution in [0.5, 0.6) is 0 Å². The van der Waals surface area contributed by atoms with Crippen molar-refractivity contribution in [1.82, 2.24) is 14.7 Å². The number of anilines is 1. The van der Waals surface area contributed by atoms with Gasteiger partial charge in [-0.1, -0.05) is 48.5 Å². The van der Waals surface area contributed by atoms with Gasteiger partial charge in [-0.3, -0.25) is 19.4 Å². The summed E-state index contributed by atoms with van der Waals surface area (Å²) in [7, 11) is 0. The Balaban J connectivity index is 1.27. The number of benzene rings is 3. The lowest BCUT2D eigenvalue weighted by Crippen LogP contribution is -2.57. The first kappa shape index (κ1) is 35.4. The number of nitrogens with zero attached hydrogens (tertiary/aromatic N) is 3. The van der Waals surface area contributed by atoms with Crippen molar-refractivity contribution in [3.05, 3.63) is 100 Å². The number of aryl methyl sites for hydroxylation is 3. The van der Waals surface area contributed by atoms with Crippen molar-refractivity contribution >= 4 is 17.5 Å². The molecule has 2 aliphatic heterocycles. The second-order valence-electron chi connectivity index (χ2n) is 12.8. The first-order valence-corrected chi connectivity index (χ1v) is 16.2. The highest BCUT2D eigenvalue weighted by Gasteiger charge is 2.40. The molecule has 258 valence electrons. The van der Waals surface area contributed by atoms with Crippen molar-refractivity contribution in [2.75, 3.05) is 44.6 Å². The zero-order valence-electron chi connectivity index (χ0n) is 27.0. The normalized spacial score (nSPS) is 19.7. The van der Waals surface area contributed by atoms with Gasteiger partial charge in [0.05, 0.1) is 17.7 Å². The molecule has 0 radical (unpaired) electrons. The third-order valence-electron chi connectivity index (χ3n) is 9.43. The highest BCUT2D eigenvalue weighted by atomic mass is 19.4. The maximum atomic E-state index is 13.7. The Labute approximate surface area is 276 Å². The molecular formula is C36H40F6N4O2. The fourth-order valence-corrected chi connectivity index (χ4v) is 6.80. The van der Waals surface area contributed by atoms with Gasteiger partial charge in [-0.15, -0.1) is 0 Å². The maximum Gasteiger partial charge on any atom is 0.416 e. The Morgan fingerprint density at radius 2 is 1.40 bits per heavy atom. The third-order valence-corrected chi connectivity index (χ3v) is 9.43. The molecule has 0 aliphatic carbocycles. The van der Waals surface area contributed by atoms with Crippen LogP contribution in [-0.4, -0.2) is 77.9 Å². The quantitative estimate of drug-likeness (QED) is 0.257. The number of para-hydroxylation sites is 1. The van der Waals surface area contributed by atoms with Crippen LogP contribution < -0.4 is 5.32 Å². The van der Waals surface area contributed by atoms with Crippen molar-refractivity contribution in [3.63, 3.8) is 0 Å². The Kier molecular flexibility index (Phi) is 10.8. The molecule has 0 spiro atoms. The van der Waals surface area contributed by atoms with Gasteiger partial charge in [-0.05, 0) is 74.4 Å². The summed E-state index contributed by atoms with van der Waals surface area (Å²) < 4.78 is 81.5. The van der Waals surface area contributed by atoms with Crippen LogP contribution in [0.3, 0.4) is 0 Å².